The first-order chi connectivity index (χ1) is 21.8. The Morgan fingerprint density at radius 3 is 2.52 bits per heavy atom. The first-order valence-corrected chi connectivity index (χ1v) is 17.3. The molecule has 1 aromatic carbocycles. The molecule has 3 aromatic rings. The highest BCUT2D eigenvalue weighted by Crippen LogP contribution is 2.42. The molecule has 0 radical (unpaired) electrons. The van der Waals surface area contributed by atoms with E-state index in [2.05, 4.69) is 34.6 Å². The van der Waals surface area contributed by atoms with Crippen LogP contribution >= 0.6 is 11.8 Å². The monoisotopic (exact) mass is 647 g/mol. The standard InChI is InChI=1S/C34H45N7O4S/c1-8-35-27-14-23(34(19-44-20-34)16-29-38-36-21-39(29)6)15-28(37-27)40-18-25-24(30(40)42)12-22(13-26(25)46-7)17-41(33(5)10-9-11-33)31(43)45-32(2,3)4/h12-15,21H,8-11,16-20H2,1-7H3,(H,35,37). The van der Waals surface area contributed by atoms with Gasteiger partial charge in [-0.15, -0.1) is 22.0 Å². The van der Waals surface area contributed by atoms with Crippen LogP contribution in [0.5, 0.6) is 0 Å². The van der Waals surface area contributed by atoms with E-state index in [0.29, 0.717) is 50.7 Å². The number of ether oxygens (including phenoxy) is 2. The molecule has 2 aromatic heterocycles. The second-order valence-electron chi connectivity index (χ2n) is 14.1. The average Bonchev–Trinajstić information content (AvgIpc) is 3.52. The van der Waals surface area contributed by atoms with Crippen molar-refractivity contribution >= 4 is 35.4 Å². The van der Waals surface area contributed by atoms with Crippen LogP contribution in [-0.4, -0.2) is 73.8 Å². The van der Waals surface area contributed by atoms with E-state index in [-0.39, 0.29) is 23.0 Å². The number of aromatic nitrogens is 4. The molecule has 0 atom stereocenters. The highest BCUT2D eigenvalue weighted by molar-refractivity contribution is 7.98. The lowest BCUT2D eigenvalue weighted by Gasteiger charge is -2.47. The van der Waals surface area contributed by atoms with E-state index < -0.39 is 5.60 Å². The second-order valence-corrected chi connectivity index (χ2v) is 14.9. The van der Waals surface area contributed by atoms with Crippen molar-refractivity contribution in [1.82, 2.24) is 24.6 Å². The van der Waals surface area contributed by atoms with Crippen LogP contribution in [-0.2, 0) is 41.4 Å². The molecule has 4 heterocycles. The van der Waals surface area contributed by atoms with Gasteiger partial charge in [0.15, 0.2) is 0 Å². The van der Waals surface area contributed by atoms with Gasteiger partial charge < -0.3 is 19.4 Å². The van der Waals surface area contributed by atoms with Crippen LogP contribution in [0.1, 0.15) is 86.8 Å². The number of benzene rings is 1. The number of pyridine rings is 1. The fourth-order valence-corrected chi connectivity index (χ4v) is 7.24. The van der Waals surface area contributed by atoms with Crippen molar-refractivity contribution in [3.05, 3.63) is 58.7 Å². The third-order valence-electron chi connectivity index (χ3n) is 9.43. The topological polar surface area (TPSA) is 115 Å². The van der Waals surface area contributed by atoms with E-state index in [0.717, 1.165) is 52.5 Å². The van der Waals surface area contributed by atoms with Gasteiger partial charge in [0, 0.05) is 48.0 Å². The van der Waals surface area contributed by atoms with E-state index in [4.69, 9.17) is 14.5 Å². The molecule has 3 aliphatic rings. The van der Waals surface area contributed by atoms with Gasteiger partial charge in [0.25, 0.3) is 5.91 Å². The molecule has 0 spiro atoms. The Bertz CT molecular complexity index is 1640. The Morgan fingerprint density at radius 2 is 1.96 bits per heavy atom. The zero-order valence-electron chi connectivity index (χ0n) is 28.0. The fourth-order valence-electron chi connectivity index (χ4n) is 6.55. The lowest BCUT2D eigenvalue weighted by atomic mass is 9.75. The van der Waals surface area contributed by atoms with Gasteiger partial charge in [0.05, 0.1) is 19.8 Å². The summed E-state index contributed by atoms with van der Waals surface area (Å²) in [6, 6.07) is 8.18. The van der Waals surface area contributed by atoms with Gasteiger partial charge >= 0.3 is 6.09 Å². The van der Waals surface area contributed by atoms with Crippen LogP contribution in [0, 0.1) is 0 Å². The number of hydrogen-bond donors (Lipinski definition) is 1. The molecule has 6 rings (SSSR count). The number of nitrogens with one attached hydrogen (secondary N) is 1. The molecule has 46 heavy (non-hydrogen) atoms. The van der Waals surface area contributed by atoms with Crippen molar-refractivity contribution in [2.75, 3.05) is 36.2 Å². The molecule has 1 N–H and O–H groups in total. The highest BCUT2D eigenvalue weighted by atomic mass is 32.2. The van der Waals surface area contributed by atoms with Crippen molar-refractivity contribution in [1.29, 1.82) is 0 Å². The van der Waals surface area contributed by atoms with Crippen LogP contribution in [0.15, 0.2) is 35.5 Å². The lowest BCUT2D eigenvalue weighted by molar-refractivity contribution is -0.0611. The van der Waals surface area contributed by atoms with Crippen LogP contribution in [0.2, 0.25) is 0 Å². The number of thioether (sulfide) groups is 1. The van der Waals surface area contributed by atoms with E-state index in [1.807, 2.05) is 62.6 Å². The Morgan fingerprint density at radius 1 is 1.20 bits per heavy atom. The van der Waals surface area contributed by atoms with Gasteiger partial charge in [-0.25, -0.2) is 9.78 Å². The van der Waals surface area contributed by atoms with Gasteiger partial charge in [0.1, 0.15) is 29.4 Å². The molecule has 1 saturated carbocycles. The molecule has 2 amide bonds. The summed E-state index contributed by atoms with van der Waals surface area (Å²) in [5, 5.41) is 11.8. The SMILES string of the molecule is CCNc1cc(C2(Cc3nncn3C)COC2)cc(N2Cc3c(SC)cc(CN(C(=O)OC(C)(C)C)C4(C)CCC4)cc3C2=O)n1. The normalized spacial score (nSPS) is 18.1. The Hall–Kier alpha value is -3.64. The Kier molecular flexibility index (Phi) is 8.56. The number of amides is 2. The molecule has 12 heteroatoms. The highest BCUT2D eigenvalue weighted by Gasteiger charge is 2.44. The zero-order chi connectivity index (χ0) is 32.9. The minimum atomic E-state index is -0.597. The van der Waals surface area contributed by atoms with Crippen molar-refractivity contribution in [3.8, 4) is 0 Å². The van der Waals surface area contributed by atoms with Crippen LogP contribution < -0.4 is 10.2 Å². The fraction of sp³-hybridized carbons (Fsp3) is 0.559. The van der Waals surface area contributed by atoms with E-state index in [1.54, 1.807) is 23.0 Å². The molecule has 0 bridgehead atoms. The molecule has 2 aliphatic heterocycles. The molecular formula is C34H45N7O4S. The molecular weight excluding hydrogens is 602 g/mol. The van der Waals surface area contributed by atoms with Crippen molar-refractivity contribution < 1.29 is 19.1 Å². The predicted octanol–water partition coefficient (Wildman–Crippen LogP) is 5.71. The third-order valence-corrected chi connectivity index (χ3v) is 10.2. The van der Waals surface area contributed by atoms with Crippen molar-refractivity contribution in [3.63, 3.8) is 0 Å². The third kappa shape index (κ3) is 6.09. The van der Waals surface area contributed by atoms with Gasteiger partial charge in [-0.05, 0) is 101 Å². The number of anilines is 2. The largest absolute Gasteiger partial charge is 0.444 e. The summed E-state index contributed by atoms with van der Waals surface area (Å²) in [7, 11) is 1.95. The van der Waals surface area contributed by atoms with Gasteiger partial charge in [-0.1, -0.05) is 0 Å². The first-order valence-electron chi connectivity index (χ1n) is 16.0. The lowest BCUT2D eigenvalue weighted by Crippen LogP contribution is -2.54. The van der Waals surface area contributed by atoms with Crippen molar-refractivity contribution in [2.24, 2.45) is 7.05 Å². The maximum atomic E-state index is 14.2. The molecule has 246 valence electrons. The number of fused-ring (bicyclic) bond motifs is 1. The number of carbonyl (C=O) groups is 2. The van der Waals surface area contributed by atoms with Crippen molar-refractivity contribution in [2.45, 2.75) is 94.8 Å². The smallest absolute Gasteiger partial charge is 0.411 e. The maximum absolute atomic E-state index is 14.2. The number of aryl methyl sites for hydroxylation is 1. The second kappa shape index (κ2) is 12.2. The Labute approximate surface area is 275 Å². The summed E-state index contributed by atoms with van der Waals surface area (Å²) in [5.74, 6) is 2.11. The summed E-state index contributed by atoms with van der Waals surface area (Å²) in [6.07, 6.45) is 7.02. The van der Waals surface area contributed by atoms with Crippen LogP contribution in [0.3, 0.4) is 0 Å². The van der Waals surface area contributed by atoms with Crippen LogP contribution in [0.25, 0.3) is 0 Å². The number of hydrogen-bond acceptors (Lipinski definition) is 9. The molecule has 1 aliphatic carbocycles. The predicted molar refractivity (Wildman–Crippen MR) is 178 cm³/mol. The molecule has 11 nitrogen and oxygen atoms in total. The number of carbonyl (C=O) groups excluding carboxylic acids is 2. The minimum Gasteiger partial charge on any atom is -0.444 e. The molecule has 1 saturated heterocycles. The van der Waals surface area contributed by atoms with Gasteiger partial charge in [-0.2, -0.15) is 0 Å². The maximum Gasteiger partial charge on any atom is 0.411 e. The van der Waals surface area contributed by atoms with E-state index >= 15 is 0 Å². The van der Waals surface area contributed by atoms with Gasteiger partial charge in [-0.3, -0.25) is 14.6 Å². The molecule has 2 fully saturated rings. The first kappa shape index (κ1) is 32.3. The summed E-state index contributed by atoms with van der Waals surface area (Å²) in [5.41, 5.74) is 2.45. The summed E-state index contributed by atoms with van der Waals surface area (Å²) < 4.78 is 13.5. The number of nitrogens with zero attached hydrogens (tertiary/aromatic N) is 6. The van der Waals surface area contributed by atoms with Gasteiger partial charge in [0.2, 0.25) is 0 Å². The minimum absolute atomic E-state index is 0.0925. The summed E-state index contributed by atoms with van der Waals surface area (Å²) in [4.78, 5) is 37.2. The quantitative estimate of drug-likeness (QED) is 0.276. The average molecular weight is 648 g/mol. The van der Waals surface area contributed by atoms with Crippen LogP contribution in [0.4, 0.5) is 16.4 Å². The summed E-state index contributed by atoms with van der Waals surface area (Å²) >= 11 is 1.62. The zero-order valence-corrected chi connectivity index (χ0v) is 28.8. The van der Waals surface area contributed by atoms with E-state index in [9.17, 15) is 9.59 Å². The molecule has 0 unspecified atom stereocenters. The number of rotatable bonds is 10. The summed E-state index contributed by atoms with van der Waals surface area (Å²) in [6.45, 7) is 12.4. The van der Waals surface area contributed by atoms with E-state index in [1.165, 1.54) is 0 Å². The Balaban J connectivity index is 1.33.